The second kappa shape index (κ2) is 8.63. The van der Waals surface area contributed by atoms with Crippen LogP contribution in [0.4, 0.5) is 4.79 Å². The number of rotatable bonds is 5. The van der Waals surface area contributed by atoms with Crippen molar-refractivity contribution in [1.29, 1.82) is 5.26 Å². The molecule has 4 aliphatic heterocycles. The molecule has 2 unspecified atom stereocenters. The maximum atomic E-state index is 12.3. The van der Waals surface area contributed by atoms with E-state index in [1.54, 1.807) is 6.34 Å². The van der Waals surface area contributed by atoms with Crippen molar-refractivity contribution >= 4 is 18.2 Å². The zero-order valence-electron chi connectivity index (χ0n) is 19.2. The molecule has 4 aliphatic rings. The molecule has 0 saturated carbocycles. The first-order valence-corrected chi connectivity index (χ1v) is 11.7. The number of piperidine rings is 1. The molecule has 0 aliphatic carbocycles. The summed E-state index contributed by atoms with van der Waals surface area (Å²) in [6.45, 7) is 7.10. The van der Waals surface area contributed by atoms with Gasteiger partial charge in [0, 0.05) is 50.0 Å². The number of hydrogen-bond donors (Lipinski definition) is 2. The summed E-state index contributed by atoms with van der Waals surface area (Å²) in [5.74, 6) is 1.02. The monoisotopic (exact) mass is 449 g/mol. The van der Waals surface area contributed by atoms with Gasteiger partial charge < -0.3 is 15.5 Å². The summed E-state index contributed by atoms with van der Waals surface area (Å²) >= 11 is 0. The van der Waals surface area contributed by atoms with E-state index < -0.39 is 0 Å². The van der Waals surface area contributed by atoms with Crippen molar-refractivity contribution in [3.8, 4) is 6.07 Å². The maximum absolute atomic E-state index is 12.3. The van der Waals surface area contributed by atoms with Crippen molar-refractivity contribution in [3.05, 3.63) is 30.2 Å². The highest BCUT2D eigenvalue weighted by Gasteiger charge is 2.48. The van der Waals surface area contributed by atoms with Crippen LogP contribution >= 0.6 is 0 Å². The number of carbonyl (C=O) groups is 1. The summed E-state index contributed by atoms with van der Waals surface area (Å²) in [5, 5.41) is 20.4. The molecule has 5 heterocycles. The van der Waals surface area contributed by atoms with Gasteiger partial charge in [-0.2, -0.15) is 10.4 Å². The molecule has 1 aromatic rings. The minimum absolute atomic E-state index is 0.0286. The Morgan fingerprint density at radius 3 is 2.88 bits per heavy atom. The van der Waals surface area contributed by atoms with Gasteiger partial charge in [0.1, 0.15) is 17.7 Å². The Bertz CT molecular complexity index is 1020. The number of aromatic nitrogens is 2. The Hall–Kier alpha value is -3.19. The zero-order chi connectivity index (χ0) is 23.0. The van der Waals surface area contributed by atoms with Crippen LogP contribution in [-0.4, -0.2) is 76.0 Å². The number of amides is 2. The summed E-state index contributed by atoms with van der Waals surface area (Å²) in [7, 11) is 0. The largest absolute Gasteiger partial charge is 0.350 e. The van der Waals surface area contributed by atoms with E-state index in [0.717, 1.165) is 50.4 Å². The highest BCUT2D eigenvalue weighted by Crippen LogP contribution is 2.38. The number of likely N-dealkylation sites (tertiary alicyclic amines) is 2. The summed E-state index contributed by atoms with van der Waals surface area (Å²) in [6.07, 6.45) is 11.9. The van der Waals surface area contributed by atoms with E-state index in [0.29, 0.717) is 12.5 Å². The van der Waals surface area contributed by atoms with Crippen LogP contribution < -0.4 is 10.6 Å². The average Bonchev–Trinajstić information content (AvgIpc) is 3.45. The lowest BCUT2D eigenvalue weighted by Crippen LogP contribution is -2.66. The molecule has 0 spiro atoms. The van der Waals surface area contributed by atoms with Gasteiger partial charge in [0.25, 0.3) is 0 Å². The van der Waals surface area contributed by atoms with E-state index in [-0.39, 0.29) is 29.6 Å². The maximum Gasteiger partial charge on any atom is 0.317 e. The number of nitrogens with zero attached hydrogens (tertiary/aromatic N) is 7. The lowest BCUT2D eigenvalue weighted by Gasteiger charge is -2.53. The molecular formula is C23H31N9O. The van der Waals surface area contributed by atoms with Gasteiger partial charge in [0.2, 0.25) is 0 Å². The minimum Gasteiger partial charge on any atom is -0.350 e. The molecule has 10 nitrogen and oxygen atoms in total. The first-order chi connectivity index (χ1) is 16.0. The second-order valence-corrected chi connectivity index (χ2v) is 9.76. The van der Waals surface area contributed by atoms with Gasteiger partial charge in [0.15, 0.2) is 0 Å². The number of urea groups is 1. The summed E-state index contributed by atoms with van der Waals surface area (Å²) in [5.41, 5.74) is 0.732. The Morgan fingerprint density at radius 2 is 2.15 bits per heavy atom. The first-order valence-electron chi connectivity index (χ1n) is 11.7. The van der Waals surface area contributed by atoms with Gasteiger partial charge >= 0.3 is 6.03 Å². The molecule has 2 saturated heterocycles. The van der Waals surface area contributed by atoms with E-state index in [1.165, 1.54) is 0 Å². The fourth-order valence-corrected chi connectivity index (χ4v) is 5.33. The normalized spacial score (nSPS) is 26.4. The number of nitrogens with one attached hydrogen (secondary N) is 2. The highest BCUT2D eigenvalue weighted by molar-refractivity contribution is 5.96. The van der Waals surface area contributed by atoms with Crippen molar-refractivity contribution in [2.45, 2.75) is 56.8 Å². The smallest absolute Gasteiger partial charge is 0.317 e. The van der Waals surface area contributed by atoms with Crippen LogP contribution in [0.2, 0.25) is 0 Å². The molecule has 0 radical (unpaired) electrons. The van der Waals surface area contributed by atoms with Crippen LogP contribution in [0.5, 0.6) is 0 Å². The van der Waals surface area contributed by atoms with Crippen molar-refractivity contribution in [2.24, 2.45) is 15.9 Å². The van der Waals surface area contributed by atoms with E-state index in [1.807, 2.05) is 35.8 Å². The summed E-state index contributed by atoms with van der Waals surface area (Å²) in [4.78, 5) is 25.5. The fraction of sp³-hybridized carbons (Fsp3) is 0.609. The molecule has 0 bridgehead atoms. The van der Waals surface area contributed by atoms with Gasteiger partial charge in [0.05, 0.1) is 30.6 Å². The van der Waals surface area contributed by atoms with Crippen molar-refractivity contribution in [3.63, 3.8) is 0 Å². The molecule has 174 valence electrons. The summed E-state index contributed by atoms with van der Waals surface area (Å²) < 4.78 is 1.99. The molecule has 33 heavy (non-hydrogen) atoms. The lowest BCUT2D eigenvalue weighted by atomic mass is 9.83. The molecule has 2 atom stereocenters. The van der Waals surface area contributed by atoms with Gasteiger partial charge in [-0.25, -0.2) is 9.79 Å². The first kappa shape index (κ1) is 21.6. The number of hydrogen-bond acceptors (Lipinski definition) is 7. The molecule has 1 aromatic heterocycles. The Balaban J connectivity index is 1.22. The van der Waals surface area contributed by atoms with Gasteiger partial charge in [-0.1, -0.05) is 6.08 Å². The van der Waals surface area contributed by atoms with E-state index >= 15 is 0 Å². The number of amidine groups is 1. The minimum atomic E-state index is -0.307. The van der Waals surface area contributed by atoms with Crippen LogP contribution in [-0.2, 0) is 5.54 Å². The van der Waals surface area contributed by atoms with E-state index in [4.69, 9.17) is 0 Å². The van der Waals surface area contributed by atoms with Crippen LogP contribution in [0, 0.1) is 17.2 Å². The van der Waals surface area contributed by atoms with Crippen LogP contribution in [0.3, 0.4) is 0 Å². The zero-order valence-corrected chi connectivity index (χ0v) is 19.2. The van der Waals surface area contributed by atoms with Crippen molar-refractivity contribution < 1.29 is 4.79 Å². The quantitative estimate of drug-likeness (QED) is 0.709. The molecule has 2 amide bonds. The van der Waals surface area contributed by atoms with Gasteiger partial charge in [-0.3, -0.25) is 14.6 Å². The lowest BCUT2D eigenvalue weighted by molar-refractivity contribution is -0.0403. The Labute approximate surface area is 194 Å². The number of nitriles is 1. The molecule has 0 aromatic carbocycles. The highest BCUT2D eigenvalue weighted by atomic mass is 16.2. The third-order valence-corrected chi connectivity index (χ3v) is 7.13. The Kier molecular flexibility index (Phi) is 5.66. The molecule has 10 heteroatoms. The SMILES string of the molecule is CC(C)NC(=O)N1CCC(N2CC(CC#N)(n3cc(C4N=CN=C5NC=CC54)cn3)C2)CC1. The molecule has 5 rings (SSSR count). The van der Waals surface area contributed by atoms with Crippen LogP contribution in [0.1, 0.15) is 44.7 Å². The van der Waals surface area contributed by atoms with E-state index in [9.17, 15) is 10.1 Å². The summed E-state index contributed by atoms with van der Waals surface area (Å²) in [6, 6.07) is 2.95. The molecule has 2 fully saturated rings. The number of aliphatic imine (C=N–C) groups is 2. The predicted molar refractivity (Wildman–Crippen MR) is 125 cm³/mol. The molecular weight excluding hydrogens is 418 g/mol. The van der Waals surface area contributed by atoms with Gasteiger partial charge in [-0.05, 0) is 32.9 Å². The van der Waals surface area contributed by atoms with Crippen molar-refractivity contribution in [1.82, 2.24) is 30.2 Å². The molecule has 2 N–H and O–H groups in total. The van der Waals surface area contributed by atoms with Crippen LogP contribution in [0.25, 0.3) is 0 Å². The predicted octanol–water partition coefficient (Wildman–Crippen LogP) is 1.60. The number of carbonyl (C=O) groups excluding carboxylic acids is 1. The number of fused-ring (bicyclic) bond motifs is 1. The fourth-order valence-electron chi connectivity index (χ4n) is 5.33. The Morgan fingerprint density at radius 1 is 1.36 bits per heavy atom. The topological polar surface area (TPSA) is 114 Å². The second-order valence-electron chi connectivity index (χ2n) is 9.76. The third kappa shape index (κ3) is 4.02. The average molecular weight is 450 g/mol. The standard InChI is InChI=1S/C23H31N9O/c1-16(2)29-22(33)30-9-4-18(5-10-30)31-13-23(14-31,6-7-24)32-12-17(11-28-32)20-19-3-8-25-21(19)27-15-26-20/h3,8,11-12,15-16,18-20H,4-6,9-10,13-14H2,1-2H3,(H,29,33)(H,25,26,27). The third-order valence-electron chi connectivity index (χ3n) is 7.13. The van der Waals surface area contributed by atoms with Crippen molar-refractivity contribution in [2.75, 3.05) is 26.2 Å². The van der Waals surface area contributed by atoms with Crippen LogP contribution in [0.15, 0.2) is 34.7 Å². The van der Waals surface area contributed by atoms with E-state index in [2.05, 4.69) is 49.0 Å². The van der Waals surface area contributed by atoms with Gasteiger partial charge in [-0.15, -0.1) is 0 Å².